The minimum Gasteiger partial charge on any atom is -0.331 e. The molecule has 0 atom stereocenters. The summed E-state index contributed by atoms with van der Waals surface area (Å²) in [6, 6.07) is 0. The highest BCUT2D eigenvalue weighted by Crippen LogP contribution is 2.13. The highest BCUT2D eigenvalue weighted by Gasteiger charge is 2.28. The Morgan fingerprint density at radius 1 is 0.950 bits per heavy atom. The Hall–Kier alpha value is -0.570. The average molecular weight is 283 g/mol. The van der Waals surface area contributed by atoms with Crippen molar-refractivity contribution in [2.75, 3.05) is 39.8 Å². The Labute approximate surface area is 125 Å². The number of likely N-dealkylation sites (N-methyl/N-ethyl adjacent to an activating group) is 1. The molecular weight excluding hydrogens is 248 g/mol. The van der Waals surface area contributed by atoms with Crippen LogP contribution in [0.3, 0.4) is 0 Å². The van der Waals surface area contributed by atoms with E-state index in [1.54, 1.807) is 0 Å². The van der Waals surface area contributed by atoms with Gasteiger partial charge in [-0.3, -0.25) is 4.79 Å². The second kappa shape index (κ2) is 9.38. The van der Waals surface area contributed by atoms with Crippen molar-refractivity contribution in [2.45, 2.75) is 65.2 Å². The molecule has 0 aliphatic carbocycles. The van der Waals surface area contributed by atoms with Crippen LogP contribution in [0.25, 0.3) is 0 Å². The van der Waals surface area contributed by atoms with Crippen molar-refractivity contribution < 1.29 is 9.28 Å². The molecule has 20 heavy (non-hydrogen) atoms. The van der Waals surface area contributed by atoms with Gasteiger partial charge in [0.15, 0.2) is 0 Å². The molecule has 1 amide bonds. The maximum atomic E-state index is 12.2. The number of carbonyl (C=O) groups excluding carboxylic acids is 1. The quantitative estimate of drug-likeness (QED) is 0.469. The van der Waals surface area contributed by atoms with Gasteiger partial charge in [-0.25, -0.2) is 0 Å². The van der Waals surface area contributed by atoms with E-state index in [2.05, 4.69) is 25.8 Å². The van der Waals surface area contributed by atoms with Crippen molar-refractivity contribution in [1.29, 1.82) is 0 Å². The Bertz CT molecular complexity index is 270. The number of hydrogen-bond acceptors (Lipinski definition) is 1. The standard InChI is InChI=1S/C17H35N2O/c1-4-6-7-8-9-10-11-12-17(20)18-13-15-19(3,5-2)16-14-18/h4-16H2,1-3H3/q+1. The molecule has 1 heterocycles. The molecule has 118 valence electrons. The Morgan fingerprint density at radius 2 is 1.50 bits per heavy atom. The summed E-state index contributed by atoms with van der Waals surface area (Å²) in [6.45, 7) is 9.84. The predicted molar refractivity (Wildman–Crippen MR) is 85.6 cm³/mol. The van der Waals surface area contributed by atoms with Gasteiger partial charge in [-0.1, -0.05) is 45.4 Å². The van der Waals surface area contributed by atoms with Gasteiger partial charge in [-0.15, -0.1) is 0 Å². The van der Waals surface area contributed by atoms with Gasteiger partial charge < -0.3 is 9.38 Å². The number of nitrogens with zero attached hydrogens (tertiary/aromatic N) is 2. The number of piperazine rings is 1. The lowest BCUT2D eigenvalue weighted by Crippen LogP contribution is -2.58. The molecule has 1 rings (SSSR count). The van der Waals surface area contributed by atoms with Crippen LogP contribution in [0.4, 0.5) is 0 Å². The van der Waals surface area contributed by atoms with Gasteiger partial charge in [-0.2, -0.15) is 0 Å². The lowest BCUT2D eigenvalue weighted by Gasteiger charge is -2.41. The summed E-state index contributed by atoms with van der Waals surface area (Å²) < 4.78 is 1.13. The summed E-state index contributed by atoms with van der Waals surface area (Å²) in [4.78, 5) is 14.2. The van der Waals surface area contributed by atoms with Crippen molar-refractivity contribution in [2.24, 2.45) is 0 Å². The van der Waals surface area contributed by atoms with Crippen LogP contribution in [0.1, 0.15) is 65.2 Å². The molecule has 1 aliphatic rings. The van der Waals surface area contributed by atoms with Crippen molar-refractivity contribution >= 4 is 5.91 Å². The summed E-state index contributed by atoms with van der Waals surface area (Å²) in [5.41, 5.74) is 0. The molecule has 1 fully saturated rings. The summed E-state index contributed by atoms with van der Waals surface area (Å²) in [5.74, 6) is 0.390. The Morgan fingerprint density at radius 3 is 2.05 bits per heavy atom. The van der Waals surface area contributed by atoms with Crippen LogP contribution in [-0.4, -0.2) is 55.1 Å². The van der Waals surface area contributed by atoms with Gasteiger partial charge in [-0.05, 0) is 13.3 Å². The fourth-order valence-corrected chi connectivity index (χ4v) is 2.90. The molecule has 0 aromatic rings. The van der Waals surface area contributed by atoms with E-state index in [4.69, 9.17) is 0 Å². The Balaban J connectivity index is 2.06. The molecule has 3 heteroatoms. The van der Waals surface area contributed by atoms with Crippen molar-refractivity contribution in [3.05, 3.63) is 0 Å². The van der Waals surface area contributed by atoms with E-state index in [-0.39, 0.29) is 0 Å². The summed E-state index contributed by atoms with van der Waals surface area (Å²) in [7, 11) is 2.30. The van der Waals surface area contributed by atoms with Gasteiger partial charge in [0.1, 0.15) is 0 Å². The normalized spacial score (nSPS) is 18.2. The van der Waals surface area contributed by atoms with E-state index in [0.717, 1.165) is 43.5 Å². The number of amides is 1. The monoisotopic (exact) mass is 283 g/mol. The third-order valence-electron chi connectivity index (χ3n) is 4.93. The Kier molecular flexibility index (Phi) is 8.20. The number of hydrogen-bond donors (Lipinski definition) is 0. The van der Waals surface area contributed by atoms with Gasteiger partial charge in [0, 0.05) is 6.42 Å². The lowest BCUT2D eigenvalue weighted by molar-refractivity contribution is -0.911. The van der Waals surface area contributed by atoms with Crippen molar-refractivity contribution in [3.63, 3.8) is 0 Å². The zero-order valence-corrected chi connectivity index (χ0v) is 14.0. The minimum atomic E-state index is 0.390. The lowest BCUT2D eigenvalue weighted by atomic mass is 10.1. The van der Waals surface area contributed by atoms with Crippen LogP contribution in [0.2, 0.25) is 0 Å². The zero-order valence-electron chi connectivity index (χ0n) is 14.0. The SMILES string of the molecule is CCCCCCCCCC(=O)N1CC[N+](C)(CC)CC1. The molecule has 0 spiro atoms. The maximum Gasteiger partial charge on any atom is 0.222 e. The first-order valence-corrected chi connectivity index (χ1v) is 8.72. The molecule has 0 saturated carbocycles. The van der Waals surface area contributed by atoms with Gasteiger partial charge in [0.05, 0.1) is 39.8 Å². The number of rotatable bonds is 9. The third kappa shape index (κ3) is 6.25. The first-order valence-electron chi connectivity index (χ1n) is 8.72. The first kappa shape index (κ1) is 17.5. The smallest absolute Gasteiger partial charge is 0.222 e. The van der Waals surface area contributed by atoms with E-state index in [9.17, 15) is 4.79 Å². The largest absolute Gasteiger partial charge is 0.331 e. The van der Waals surface area contributed by atoms with Crippen LogP contribution in [0.15, 0.2) is 0 Å². The van der Waals surface area contributed by atoms with Crippen LogP contribution in [0, 0.1) is 0 Å². The molecule has 1 saturated heterocycles. The number of quaternary nitrogens is 1. The van der Waals surface area contributed by atoms with Crippen molar-refractivity contribution in [3.8, 4) is 0 Å². The summed E-state index contributed by atoms with van der Waals surface area (Å²) in [5, 5.41) is 0. The fraction of sp³-hybridized carbons (Fsp3) is 0.941. The highest BCUT2D eigenvalue weighted by molar-refractivity contribution is 5.76. The molecule has 0 aromatic carbocycles. The van der Waals surface area contributed by atoms with Gasteiger partial charge >= 0.3 is 0 Å². The third-order valence-corrected chi connectivity index (χ3v) is 4.93. The van der Waals surface area contributed by atoms with Crippen molar-refractivity contribution in [1.82, 2.24) is 4.90 Å². The van der Waals surface area contributed by atoms with Crippen LogP contribution >= 0.6 is 0 Å². The highest BCUT2D eigenvalue weighted by atomic mass is 16.2. The average Bonchev–Trinajstić information content (AvgIpc) is 2.47. The minimum absolute atomic E-state index is 0.390. The van der Waals surface area contributed by atoms with Gasteiger partial charge in [0.2, 0.25) is 5.91 Å². The fourth-order valence-electron chi connectivity index (χ4n) is 2.90. The molecule has 0 bridgehead atoms. The van der Waals surface area contributed by atoms with E-state index in [1.807, 2.05) is 0 Å². The van der Waals surface area contributed by atoms with E-state index in [1.165, 1.54) is 45.1 Å². The first-order chi connectivity index (χ1) is 9.61. The predicted octanol–water partition coefficient (Wildman–Crippen LogP) is 3.44. The maximum absolute atomic E-state index is 12.2. The second-order valence-corrected chi connectivity index (χ2v) is 6.64. The molecule has 0 unspecified atom stereocenters. The molecular formula is C17H35N2O+. The van der Waals surface area contributed by atoms with E-state index < -0.39 is 0 Å². The van der Waals surface area contributed by atoms with E-state index >= 15 is 0 Å². The number of unbranched alkanes of at least 4 members (excludes halogenated alkanes) is 6. The summed E-state index contributed by atoms with van der Waals surface area (Å²) >= 11 is 0. The zero-order chi connectivity index (χ0) is 14.8. The van der Waals surface area contributed by atoms with Crippen LogP contribution in [-0.2, 0) is 4.79 Å². The summed E-state index contributed by atoms with van der Waals surface area (Å²) in [6.07, 6.45) is 9.76. The topological polar surface area (TPSA) is 20.3 Å². The molecule has 0 aromatic heterocycles. The molecule has 1 aliphatic heterocycles. The molecule has 0 N–H and O–H groups in total. The molecule has 3 nitrogen and oxygen atoms in total. The van der Waals surface area contributed by atoms with E-state index in [0.29, 0.717) is 5.91 Å². The second-order valence-electron chi connectivity index (χ2n) is 6.64. The van der Waals surface area contributed by atoms with Crippen LogP contribution in [0.5, 0.6) is 0 Å². The van der Waals surface area contributed by atoms with Gasteiger partial charge in [0.25, 0.3) is 0 Å². The molecule has 0 radical (unpaired) electrons. The van der Waals surface area contributed by atoms with Crippen LogP contribution < -0.4 is 0 Å². The number of carbonyl (C=O) groups is 1.